The fourth-order valence-corrected chi connectivity index (χ4v) is 3.67. The second-order valence-electron chi connectivity index (χ2n) is 6.20. The van der Waals surface area contributed by atoms with Gasteiger partial charge in [-0.3, -0.25) is 0 Å². The number of nitriles is 1. The summed E-state index contributed by atoms with van der Waals surface area (Å²) in [6.45, 7) is 0. The van der Waals surface area contributed by atoms with Crippen LogP contribution in [0.3, 0.4) is 0 Å². The average molecular weight is 415 g/mol. The summed E-state index contributed by atoms with van der Waals surface area (Å²) < 4.78 is 5.88. The van der Waals surface area contributed by atoms with Gasteiger partial charge in [0.15, 0.2) is 0 Å². The van der Waals surface area contributed by atoms with Gasteiger partial charge in [0.1, 0.15) is 22.6 Å². The van der Waals surface area contributed by atoms with E-state index in [9.17, 15) is 5.26 Å². The number of benzene rings is 3. The lowest BCUT2D eigenvalue weighted by Crippen LogP contribution is -1.86. The molecular weight excluding hydrogens is 400 g/mol. The van der Waals surface area contributed by atoms with Crippen molar-refractivity contribution < 1.29 is 4.74 Å². The molecule has 0 saturated carbocycles. The topological polar surface area (TPSA) is 45.9 Å². The van der Waals surface area contributed by atoms with Crippen LogP contribution in [-0.4, -0.2) is 4.98 Å². The molecule has 0 aliphatic heterocycles. The molecule has 0 atom stereocenters. The van der Waals surface area contributed by atoms with E-state index in [0.29, 0.717) is 21.4 Å². The largest absolute Gasteiger partial charge is 0.457 e. The van der Waals surface area contributed by atoms with Crippen LogP contribution in [-0.2, 0) is 0 Å². The van der Waals surface area contributed by atoms with Crippen molar-refractivity contribution in [3.05, 3.63) is 99.8 Å². The number of aromatic nitrogens is 1. The average Bonchev–Trinajstić information content (AvgIpc) is 3.23. The predicted molar refractivity (Wildman–Crippen MR) is 119 cm³/mol. The van der Waals surface area contributed by atoms with Gasteiger partial charge in [-0.25, -0.2) is 4.98 Å². The molecule has 0 spiro atoms. The Morgan fingerprint density at radius 2 is 1.72 bits per heavy atom. The molecule has 0 amide bonds. The van der Waals surface area contributed by atoms with Crippen molar-refractivity contribution in [2.75, 3.05) is 0 Å². The second-order valence-corrected chi connectivity index (χ2v) is 7.50. The van der Waals surface area contributed by atoms with E-state index < -0.39 is 0 Å². The third-order valence-corrected chi connectivity index (χ3v) is 5.27. The van der Waals surface area contributed by atoms with Crippen LogP contribution in [0.4, 0.5) is 0 Å². The van der Waals surface area contributed by atoms with Crippen molar-refractivity contribution in [2.24, 2.45) is 0 Å². The second kappa shape index (κ2) is 8.74. The summed E-state index contributed by atoms with van der Waals surface area (Å²) >= 11 is 7.39. The molecule has 0 bridgehead atoms. The maximum Gasteiger partial charge on any atom is 0.134 e. The van der Waals surface area contributed by atoms with Crippen molar-refractivity contribution in [3.8, 4) is 28.8 Å². The molecule has 0 aliphatic carbocycles. The van der Waals surface area contributed by atoms with Crippen LogP contribution < -0.4 is 4.74 Å². The number of allylic oxidation sites excluding steroid dienone is 1. The van der Waals surface area contributed by atoms with Crippen molar-refractivity contribution in [3.63, 3.8) is 0 Å². The first-order chi connectivity index (χ1) is 14.2. The number of rotatable bonds is 5. The Balaban J connectivity index is 1.59. The van der Waals surface area contributed by atoms with E-state index in [4.69, 9.17) is 16.3 Å². The van der Waals surface area contributed by atoms with E-state index >= 15 is 0 Å². The maximum atomic E-state index is 9.66. The fourth-order valence-electron chi connectivity index (χ4n) is 2.75. The molecule has 1 aromatic heterocycles. The van der Waals surface area contributed by atoms with Crippen LogP contribution in [0, 0.1) is 11.3 Å². The molecule has 0 radical (unpaired) electrons. The fraction of sp³-hybridized carbons (Fsp3) is 0. The third kappa shape index (κ3) is 4.72. The minimum Gasteiger partial charge on any atom is -0.457 e. The Morgan fingerprint density at radius 3 is 2.48 bits per heavy atom. The molecule has 3 aromatic carbocycles. The van der Waals surface area contributed by atoms with Gasteiger partial charge in [-0.05, 0) is 48.0 Å². The number of hydrogen-bond acceptors (Lipinski definition) is 4. The summed E-state index contributed by atoms with van der Waals surface area (Å²) in [7, 11) is 0. The molecular formula is C24H15ClN2OS. The molecule has 0 unspecified atom stereocenters. The minimum atomic E-state index is 0.507. The van der Waals surface area contributed by atoms with E-state index in [1.54, 1.807) is 0 Å². The summed E-state index contributed by atoms with van der Waals surface area (Å²) in [5, 5.41) is 13.0. The van der Waals surface area contributed by atoms with Gasteiger partial charge in [0, 0.05) is 16.0 Å². The van der Waals surface area contributed by atoms with E-state index in [0.717, 1.165) is 22.6 Å². The van der Waals surface area contributed by atoms with Crippen molar-refractivity contribution in [1.82, 2.24) is 4.98 Å². The zero-order valence-electron chi connectivity index (χ0n) is 15.2. The van der Waals surface area contributed by atoms with Gasteiger partial charge in [-0.15, -0.1) is 11.3 Å². The lowest BCUT2D eigenvalue weighted by Gasteiger charge is -2.06. The summed E-state index contributed by atoms with van der Waals surface area (Å²) in [6.07, 6.45) is 1.82. The monoisotopic (exact) mass is 414 g/mol. The highest BCUT2D eigenvalue weighted by molar-refractivity contribution is 7.11. The Hall–Kier alpha value is -3.39. The van der Waals surface area contributed by atoms with Crippen molar-refractivity contribution >= 4 is 34.6 Å². The lowest BCUT2D eigenvalue weighted by atomic mass is 10.1. The van der Waals surface area contributed by atoms with Crippen LogP contribution >= 0.6 is 22.9 Å². The Bertz CT molecular complexity index is 1190. The molecule has 0 saturated heterocycles. The minimum absolute atomic E-state index is 0.507. The molecule has 4 aromatic rings. The maximum absolute atomic E-state index is 9.66. The summed E-state index contributed by atoms with van der Waals surface area (Å²) in [5.74, 6) is 1.48. The SMILES string of the molecule is N#C/C(=C\c1cccc(Oc2ccccc2)c1)c1nc(-c2ccc(Cl)cc2)cs1. The number of ether oxygens (including phenoxy) is 1. The molecule has 0 N–H and O–H groups in total. The Kier molecular flexibility index (Phi) is 5.71. The van der Waals surface area contributed by atoms with Crippen molar-refractivity contribution in [1.29, 1.82) is 5.26 Å². The highest BCUT2D eigenvalue weighted by atomic mass is 35.5. The molecule has 29 heavy (non-hydrogen) atoms. The van der Waals surface area contributed by atoms with E-state index in [2.05, 4.69) is 11.1 Å². The lowest BCUT2D eigenvalue weighted by molar-refractivity contribution is 0.482. The number of nitrogens with zero attached hydrogens (tertiary/aromatic N) is 2. The van der Waals surface area contributed by atoms with E-state index in [1.165, 1.54) is 11.3 Å². The normalized spacial score (nSPS) is 11.1. The number of halogens is 1. The molecule has 0 fully saturated rings. The predicted octanol–water partition coefficient (Wildman–Crippen LogP) is 7.32. The van der Waals surface area contributed by atoms with E-state index in [-0.39, 0.29) is 0 Å². The van der Waals surface area contributed by atoms with Crippen LogP contribution in [0.2, 0.25) is 5.02 Å². The van der Waals surface area contributed by atoms with Gasteiger partial charge in [0.25, 0.3) is 0 Å². The molecule has 0 aliphatic rings. The van der Waals surface area contributed by atoms with Gasteiger partial charge in [0.05, 0.1) is 11.3 Å². The first-order valence-electron chi connectivity index (χ1n) is 8.88. The quantitative estimate of drug-likeness (QED) is 0.321. The van der Waals surface area contributed by atoms with Crippen LogP contribution in [0.5, 0.6) is 11.5 Å². The number of thiazole rings is 1. The molecule has 140 valence electrons. The zero-order valence-corrected chi connectivity index (χ0v) is 16.8. The standard InChI is InChI=1S/C24H15ClN2OS/c25-20-11-9-18(10-12-20)23-16-29-24(27-23)19(15-26)13-17-5-4-8-22(14-17)28-21-6-2-1-3-7-21/h1-14,16H/b19-13+. The first kappa shape index (κ1) is 18.9. The molecule has 1 heterocycles. The highest BCUT2D eigenvalue weighted by Gasteiger charge is 2.09. The van der Waals surface area contributed by atoms with Gasteiger partial charge < -0.3 is 4.74 Å². The van der Waals surface area contributed by atoms with Crippen LogP contribution in [0.25, 0.3) is 22.9 Å². The summed E-state index contributed by atoms with van der Waals surface area (Å²) in [4.78, 5) is 4.62. The van der Waals surface area contributed by atoms with E-state index in [1.807, 2.05) is 90.3 Å². The zero-order chi connectivity index (χ0) is 20.1. The van der Waals surface area contributed by atoms with Crippen LogP contribution in [0.15, 0.2) is 84.2 Å². The Labute approximate surface area is 178 Å². The molecule has 3 nitrogen and oxygen atoms in total. The smallest absolute Gasteiger partial charge is 0.134 e. The van der Waals surface area contributed by atoms with Crippen LogP contribution in [0.1, 0.15) is 10.6 Å². The summed E-state index contributed by atoms with van der Waals surface area (Å²) in [5.41, 5.74) is 3.17. The van der Waals surface area contributed by atoms with Crippen molar-refractivity contribution in [2.45, 2.75) is 0 Å². The first-order valence-corrected chi connectivity index (χ1v) is 10.1. The highest BCUT2D eigenvalue weighted by Crippen LogP contribution is 2.29. The number of hydrogen-bond donors (Lipinski definition) is 0. The molecule has 4 rings (SSSR count). The van der Waals surface area contributed by atoms with Gasteiger partial charge in [-0.1, -0.05) is 54.1 Å². The van der Waals surface area contributed by atoms with Gasteiger partial charge in [0.2, 0.25) is 0 Å². The summed E-state index contributed by atoms with van der Waals surface area (Å²) in [6, 6.07) is 27.0. The third-order valence-electron chi connectivity index (χ3n) is 4.14. The Morgan fingerprint density at radius 1 is 0.966 bits per heavy atom. The van der Waals surface area contributed by atoms with Gasteiger partial charge >= 0.3 is 0 Å². The molecule has 5 heteroatoms. The van der Waals surface area contributed by atoms with Gasteiger partial charge in [-0.2, -0.15) is 5.26 Å². The number of para-hydroxylation sites is 1.